The molecule has 27 heavy (non-hydrogen) atoms. The number of hydrogen-bond acceptors (Lipinski definition) is 5. The quantitative estimate of drug-likeness (QED) is 0.600. The number of piperidine rings is 1. The number of Topliss-reactive ketones (excluding diaryl/α,β-unsaturated/α-hetero) is 1. The summed E-state index contributed by atoms with van der Waals surface area (Å²) < 4.78 is 0. The molecule has 1 atom stereocenters. The van der Waals surface area contributed by atoms with Gasteiger partial charge in [0.05, 0.1) is 4.92 Å². The molecule has 1 fully saturated rings. The maximum Gasteiger partial charge on any atom is 0.270 e. The van der Waals surface area contributed by atoms with Crippen LogP contribution in [-0.4, -0.2) is 40.2 Å². The Labute approximate surface area is 158 Å². The van der Waals surface area contributed by atoms with E-state index in [4.69, 9.17) is 0 Å². The molecule has 4 rings (SSSR count). The van der Waals surface area contributed by atoms with E-state index in [-0.39, 0.29) is 17.4 Å². The minimum Gasteiger partial charge on any atom is -0.303 e. The van der Waals surface area contributed by atoms with E-state index >= 15 is 0 Å². The van der Waals surface area contributed by atoms with Gasteiger partial charge in [0.2, 0.25) is 0 Å². The Balaban J connectivity index is 1.33. The summed E-state index contributed by atoms with van der Waals surface area (Å²) in [6, 6.07) is 10.7. The minimum atomic E-state index is -0.430. The van der Waals surface area contributed by atoms with E-state index in [1.165, 1.54) is 12.1 Å². The van der Waals surface area contributed by atoms with Crippen LogP contribution in [0.3, 0.4) is 0 Å². The zero-order valence-electron chi connectivity index (χ0n) is 15.2. The van der Waals surface area contributed by atoms with Gasteiger partial charge in [-0.15, -0.1) is 0 Å². The summed E-state index contributed by atoms with van der Waals surface area (Å²) in [7, 11) is 0. The second-order valence-electron chi connectivity index (χ2n) is 7.52. The lowest BCUT2D eigenvalue weighted by Gasteiger charge is -2.34. The van der Waals surface area contributed by atoms with Gasteiger partial charge in [-0.05, 0) is 56.0 Å². The summed E-state index contributed by atoms with van der Waals surface area (Å²) >= 11 is 0. The summed E-state index contributed by atoms with van der Waals surface area (Å²) in [5.74, 6) is 0.454. The number of rotatable bonds is 5. The molecule has 0 radical (unpaired) electrons. The number of nitrogens with zero attached hydrogens (tertiary/aromatic N) is 3. The van der Waals surface area contributed by atoms with Crippen molar-refractivity contribution in [2.45, 2.75) is 25.7 Å². The van der Waals surface area contributed by atoms with E-state index in [9.17, 15) is 14.9 Å². The molecule has 1 aliphatic heterocycles. The Morgan fingerprint density at radius 1 is 1.19 bits per heavy atom. The molecule has 0 N–H and O–H groups in total. The highest BCUT2D eigenvalue weighted by Gasteiger charge is 2.38. The van der Waals surface area contributed by atoms with Gasteiger partial charge >= 0.3 is 0 Å². The third-order valence-electron chi connectivity index (χ3n) is 5.96. The summed E-state index contributed by atoms with van der Waals surface area (Å²) in [6.45, 7) is 2.99. The fourth-order valence-corrected chi connectivity index (χ4v) is 4.39. The number of nitro groups is 1. The van der Waals surface area contributed by atoms with Crippen molar-refractivity contribution >= 4 is 11.5 Å². The normalized spacial score (nSPS) is 20.6. The van der Waals surface area contributed by atoms with Crippen molar-refractivity contribution in [3.8, 4) is 0 Å². The molecule has 2 heterocycles. The van der Waals surface area contributed by atoms with Crippen molar-refractivity contribution < 1.29 is 9.72 Å². The van der Waals surface area contributed by atoms with Gasteiger partial charge in [-0.25, -0.2) is 0 Å². The van der Waals surface area contributed by atoms with E-state index < -0.39 is 4.92 Å². The zero-order chi connectivity index (χ0) is 18.8. The maximum absolute atomic E-state index is 12.8. The Morgan fingerprint density at radius 3 is 2.70 bits per heavy atom. The van der Waals surface area contributed by atoms with E-state index in [0.29, 0.717) is 11.5 Å². The van der Waals surface area contributed by atoms with Gasteiger partial charge in [0, 0.05) is 48.5 Å². The number of fused-ring (bicyclic) bond motifs is 1. The molecule has 1 aliphatic carbocycles. The van der Waals surface area contributed by atoms with Crippen molar-refractivity contribution in [2.24, 2.45) is 11.8 Å². The third-order valence-corrected chi connectivity index (χ3v) is 5.96. The van der Waals surface area contributed by atoms with Crippen molar-refractivity contribution in [1.29, 1.82) is 0 Å². The fraction of sp³-hybridized carbons (Fsp3) is 0.429. The first-order valence-electron chi connectivity index (χ1n) is 9.55. The smallest absolute Gasteiger partial charge is 0.270 e. The molecule has 1 saturated heterocycles. The molecular weight excluding hydrogens is 342 g/mol. The van der Waals surface area contributed by atoms with Crippen LogP contribution in [0, 0.1) is 22.0 Å². The number of aromatic nitrogens is 1. The monoisotopic (exact) mass is 365 g/mol. The van der Waals surface area contributed by atoms with E-state index in [1.807, 2.05) is 18.3 Å². The van der Waals surface area contributed by atoms with Crippen LogP contribution in [0.5, 0.6) is 0 Å². The molecule has 2 aliphatic rings. The average Bonchev–Trinajstić information content (AvgIpc) is 3.03. The first kappa shape index (κ1) is 17.8. The maximum atomic E-state index is 12.8. The number of likely N-dealkylation sites (tertiary alicyclic amines) is 1. The second-order valence-corrected chi connectivity index (χ2v) is 7.52. The molecule has 1 unspecified atom stereocenters. The van der Waals surface area contributed by atoms with Gasteiger partial charge in [-0.1, -0.05) is 12.1 Å². The van der Waals surface area contributed by atoms with E-state index in [1.54, 1.807) is 6.07 Å². The summed E-state index contributed by atoms with van der Waals surface area (Å²) in [6.07, 6.45) is 5.52. The van der Waals surface area contributed by atoms with Crippen molar-refractivity contribution in [2.75, 3.05) is 19.6 Å². The molecular formula is C21H23N3O3. The van der Waals surface area contributed by atoms with Crippen LogP contribution < -0.4 is 0 Å². The molecule has 140 valence electrons. The van der Waals surface area contributed by atoms with Crippen LogP contribution in [0.4, 0.5) is 5.69 Å². The van der Waals surface area contributed by atoms with Gasteiger partial charge in [-0.3, -0.25) is 19.9 Å². The summed E-state index contributed by atoms with van der Waals surface area (Å²) in [5.41, 5.74) is 2.65. The van der Waals surface area contributed by atoms with Crippen LogP contribution in [0.25, 0.3) is 0 Å². The molecule has 0 saturated carbocycles. The van der Waals surface area contributed by atoms with Crippen LogP contribution in [0.1, 0.15) is 34.5 Å². The number of non-ortho nitro benzene ring substituents is 1. The number of carbonyl (C=O) groups is 1. The van der Waals surface area contributed by atoms with Crippen LogP contribution >= 0.6 is 0 Å². The predicted octanol–water partition coefficient (Wildman–Crippen LogP) is 3.30. The largest absolute Gasteiger partial charge is 0.303 e. The fourth-order valence-electron chi connectivity index (χ4n) is 4.39. The van der Waals surface area contributed by atoms with Crippen LogP contribution in [-0.2, 0) is 12.8 Å². The summed E-state index contributed by atoms with van der Waals surface area (Å²) in [4.78, 5) is 30.2. The molecule has 2 aromatic rings. The number of benzene rings is 1. The molecule has 0 bridgehead atoms. The van der Waals surface area contributed by atoms with Gasteiger partial charge < -0.3 is 4.90 Å². The number of carbonyl (C=O) groups excluding carboxylic acids is 1. The first-order chi connectivity index (χ1) is 13.1. The standard InChI is InChI=1S/C21H23N3O3/c25-21-19(13-16-4-5-18(24(26)27)14-20(16)21)15-6-10-23(11-7-15)12-8-17-3-1-2-9-22-17/h1-5,9,14-15,19H,6-8,10-13H2. The molecule has 1 aromatic heterocycles. The van der Waals surface area contributed by atoms with Crippen molar-refractivity contribution in [3.63, 3.8) is 0 Å². The molecule has 1 aromatic carbocycles. The minimum absolute atomic E-state index is 0.00657. The van der Waals surface area contributed by atoms with Gasteiger partial charge in [0.25, 0.3) is 5.69 Å². The highest BCUT2D eigenvalue weighted by atomic mass is 16.6. The molecule has 6 heteroatoms. The molecule has 0 amide bonds. The predicted molar refractivity (Wildman–Crippen MR) is 102 cm³/mol. The Hall–Kier alpha value is -2.60. The van der Waals surface area contributed by atoms with Gasteiger partial charge in [-0.2, -0.15) is 0 Å². The molecule has 0 spiro atoms. The molecule has 6 nitrogen and oxygen atoms in total. The van der Waals surface area contributed by atoms with Crippen molar-refractivity contribution in [1.82, 2.24) is 9.88 Å². The lowest BCUT2D eigenvalue weighted by Crippen LogP contribution is -2.38. The van der Waals surface area contributed by atoms with E-state index in [2.05, 4.69) is 16.0 Å². The van der Waals surface area contributed by atoms with E-state index in [0.717, 1.165) is 56.6 Å². The lowest BCUT2D eigenvalue weighted by molar-refractivity contribution is -0.384. The number of hydrogen-bond donors (Lipinski definition) is 0. The van der Waals surface area contributed by atoms with Crippen LogP contribution in [0.2, 0.25) is 0 Å². The Bertz CT molecular complexity index is 845. The highest BCUT2D eigenvalue weighted by Crippen LogP contribution is 2.37. The first-order valence-corrected chi connectivity index (χ1v) is 9.55. The Morgan fingerprint density at radius 2 is 2.00 bits per heavy atom. The summed E-state index contributed by atoms with van der Waals surface area (Å²) in [5, 5.41) is 11.0. The number of pyridine rings is 1. The highest BCUT2D eigenvalue weighted by molar-refractivity contribution is 6.02. The number of ketones is 1. The zero-order valence-corrected chi connectivity index (χ0v) is 15.2. The van der Waals surface area contributed by atoms with Crippen molar-refractivity contribution in [3.05, 3.63) is 69.5 Å². The van der Waals surface area contributed by atoms with Crippen LogP contribution in [0.15, 0.2) is 42.6 Å². The van der Waals surface area contributed by atoms with Gasteiger partial charge in [0.1, 0.15) is 0 Å². The second kappa shape index (κ2) is 7.56. The number of nitro benzene ring substituents is 1. The Kier molecular flexibility index (Phi) is 4.99. The third kappa shape index (κ3) is 3.76. The average molecular weight is 365 g/mol. The topological polar surface area (TPSA) is 76.3 Å². The SMILES string of the molecule is O=C1c2cc([N+](=O)[O-])ccc2CC1C1CCN(CCc2ccccn2)CC1. The van der Waals surface area contributed by atoms with Gasteiger partial charge in [0.15, 0.2) is 5.78 Å². The lowest BCUT2D eigenvalue weighted by atomic mass is 9.82.